The molecule has 4 rings (SSSR count). The molecule has 2 bridgehead atoms. The van der Waals surface area contributed by atoms with Gasteiger partial charge in [-0.15, -0.1) is 0 Å². The molecule has 2 saturated carbocycles. The Labute approximate surface area is 154 Å². The first-order chi connectivity index (χ1) is 12.2. The zero-order valence-electron chi connectivity index (χ0n) is 14.1. The summed E-state index contributed by atoms with van der Waals surface area (Å²) >= 11 is 0.443. The van der Waals surface area contributed by atoms with Gasteiger partial charge in [0, 0.05) is 17.5 Å². The first kappa shape index (κ1) is 17.5. The van der Waals surface area contributed by atoms with Gasteiger partial charge in [-0.2, -0.15) is 8.78 Å². The average Bonchev–Trinajstić information content (AvgIpc) is 3.21. The number of hydrogen-bond donors (Lipinski definition) is 2. The molecule has 2 N–H and O–H groups in total. The molecule has 4 nitrogen and oxygen atoms in total. The summed E-state index contributed by atoms with van der Waals surface area (Å²) < 4.78 is 26.1. The van der Waals surface area contributed by atoms with E-state index < -0.39 is 23.1 Å². The molecule has 1 spiro atoms. The number of benzene rings is 1. The molecule has 1 aromatic carbocycles. The number of amides is 1. The van der Waals surface area contributed by atoms with Crippen LogP contribution in [0.1, 0.15) is 19.8 Å². The van der Waals surface area contributed by atoms with Crippen LogP contribution in [0.4, 0.5) is 14.5 Å². The molecule has 1 aromatic rings. The Morgan fingerprint density at radius 3 is 2.23 bits per heavy atom. The van der Waals surface area contributed by atoms with Gasteiger partial charge in [-0.3, -0.25) is 9.59 Å². The second-order valence-corrected chi connectivity index (χ2v) is 8.88. The molecular weight excluding hydrogens is 360 g/mol. The number of aliphatic carboxylic acids is 1. The largest absolute Gasteiger partial charge is 0.481 e. The lowest BCUT2D eigenvalue weighted by Crippen LogP contribution is -2.36. The SMILES string of the molecule is CC(F)(F)Sc1ccc(NC(=O)C2C(C(=O)O)C3C=CC2C32CC2)cc1. The molecule has 138 valence electrons. The molecule has 4 unspecified atom stereocenters. The highest BCUT2D eigenvalue weighted by molar-refractivity contribution is 8.00. The highest BCUT2D eigenvalue weighted by Gasteiger charge is 2.70. The molecule has 2 fully saturated rings. The molecule has 1 amide bonds. The predicted octanol–water partition coefficient (Wildman–Crippen LogP) is 4.24. The van der Waals surface area contributed by atoms with Crippen molar-refractivity contribution in [2.24, 2.45) is 29.1 Å². The molecule has 3 aliphatic rings. The van der Waals surface area contributed by atoms with E-state index in [4.69, 9.17) is 0 Å². The van der Waals surface area contributed by atoms with Crippen LogP contribution in [-0.4, -0.2) is 22.2 Å². The lowest BCUT2D eigenvalue weighted by Gasteiger charge is -2.23. The van der Waals surface area contributed by atoms with Crippen molar-refractivity contribution in [3.63, 3.8) is 0 Å². The van der Waals surface area contributed by atoms with E-state index in [1.54, 1.807) is 12.1 Å². The maximum Gasteiger partial charge on any atom is 0.307 e. The van der Waals surface area contributed by atoms with Crippen molar-refractivity contribution in [1.82, 2.24) is 0 Å². The molecule has 26 heavy (non-hydrogen) atoms. The highest BCUT2D eigenvalue weighted by Crippen LogP contribution is 2.72. The van der Waals surface area contributed by atoms with E-state index in [9.17, 15) is 23.5 Å². The number of nitrogens with one attached hydrogen (secondary N) is 1. The minimum Gasteiger partial charge on any atom is -0.481 e. The molecule has 0 aromatic heterocycles. The van der Waals surface area contributed by atoms with Crippen LogP contribution in [0, 0.1) is 29.1 Å². The summed E-state index contributed by atoms with van der Waals surface area (Å²) in [5.41, 5.74) is 0.456. The van der Waals surface area contributed by atoms with Crippen LogP contribution in [0.25, 0.3) is 0 Å². The van der Waals surface area contributed by atoms with Crippen LogP contribution < -0.4 is 5.32 Å². The third-order valence-corrected chi connectivity index (χ3v) is 6.71. The third kappa shape index (κ3) is 2.82. The number of halogens is 2. The summed E-state index contributed by atoms with van der Waals surface area (Å²) in [6, 6.07) is 6.18. The minimum atomic E-state index is -2.87. The van der Waals surface area contributed by atoms with E-state index >= 15 is 0 Å². The number of anilines is 1. The van der Waals surface area contributed by atoms with E-state index in [1.165, 1.54) is 12.1 Å². The average molecular weight is 379 g/mol. The van der Waals surface area contributed by atoms with E-state index in [-0.39, 0.29) is 23.2 Å². The monoisotopic (exact) mass is 379 g/mol. The Balaban J connectivity index is 1.50. The number of hydrogen-bond acceptors (Lipinski definition) is 3. The van der Waals surface area contributed by atoms with Gasteiger partial charge in [0.25, 0.3) is 5.25 Å². The standard InChI is InChI=1S/C19H19F2NO3S/c1-18(20,21)26-11-4-2-10(3-5-11)22-16(23)14-12-6-7-13(15(14)17(24)25)19(12)8-9-19/h2-7,12-15H,8-9H2,1H3,(H,22,23)(H,24,25). The summed E-state index contributed by atoms with van der Waals surface area (Å²) in [4.78, 5) is 25.0. The van der Waals surface area contributed by atoms with E-state index in [0.29, 0.717) is 22.3 Å². The zero-order chi connectivity index (χ0) is 18.7. The zero-order valence-corrected chi connectivity index (χ0v) is 14.9. The Morgan fingerprint density at radius 2 is 1.73 bits per heavy atom. The molecule has 3 aliphatic carbocycles. The number of carbonyl (C=O) groups is 2. The van der Waals surface area contributed by atoms with Gasteiger partial charge in [-0.25, -0.2) is 0 Å². The van der Waals surface area contributed by atoms with E-state index in [2.05, 4.69) is 5.32 Å². The lowest BCUT2D eigenvalue weighted by molar-refractivity contribution is -0.146. The predicted molar refractivity (Wildman–Crippen MR) is 94.0 cm³/mol. The quantitative estimate of drug-likeness (QED) is 0.593. The molecule has 4 atom stereocenters. The topological polar surface area (TPSA) is 66.4 Å². The second-order valence-electron chi connectivity index (χ2n) is 7.48. The Morgan fingerprint density at radius 1 is 1.15 bits per heavy atom. The van der Waals surface area contributed by atoms with Crippen molar-refractivity contribution in [2.45, 2.75) is 29.9 Å². The lowest BCUT2D eigenvalue weighted by atomic mass is 9.82. The Hall–Kier alpha value is -1.89. The number of carboxylic acids is 1. The van der Waals surface area contributed by atoms with Crippen LogP contribution in [-0.2, 0) is 9.59 Å². The summed E-state index contributed by atoms with van der Waals surface area (Å²) in [5.74, 6) is -2.60. The molecule has 0 radical (unpaired) electrons. The fourth-order valence-corrected chi connectivity index (χ4v) is 5.42. The summed E-state index contributed by atoms with van der Waals surface area (Å²) in [5, 5.41) is 9.55. The van der Waals surface area contributed by atoms with Crippen molar-refractivity contribution >= 4 is 29.3 Å². The Kier molecular flexibility index (Phi) is 3.91. The number of carbonyl (C=O) groups excluding carboxylic acids is 1. The van der Waals surface area contributed by atoms with Gasteiger partial charge in [-0.05, 0) is 54.4 Å². The summed E-state index contributed by atoms with van der Waals surface area (Å²) in [6.07, 6.45) is 5.92. The molecule has 0 aliphatic heterocycles. The number of thioether (sulfide) groups is 1. The first-order valence-electron chi connectivity index (χ1n) is 8.60. The molecule has 7 heteroatoms. The van der Waals surface area contributed by atoms with Gasteiger partial charge in [0.1, 0.15) is 0 Å². The number of allylic oxidation sites excluding steroid dienone is 2. The van der Waals surface area contributed by atoms with Gasteiger partial charge < -0.3 is 10.4 Å². The summed E-state index contributed by atoms with van der Waals surface area (Å²) in [6.45, 7) is 0.829. The second kappa shape index (κ2) is 5.81. The third-order valence-electron chi connectivity index (χ3n) is 5.85. The smallest absolute Gasteiger partial charge is 0.307 e. The van der Waals surface area contributed by atoms with Gasteiger partial charge >= 0.3 is 5.97 Å². The summed E-state index contributed by atoms with van der Waals surface area (Å²) in [7, 11) is 0. The molecular formula is C19H19F2NO3S. The van der Waals surface area contributed by atoms with Gasteiger partial charge in [-0.1, -0.05) is 23.9 Å². The van der Waals surface area contributed by atoms with Gasteiger partial charge in [0.05, 0.1) is 11.8 Å². The number of alkyl halides is 2. The highest BCUT2D eigenvalue weighted by atomic mass is 32.2. The van der Waals surface area contributed by atoms with E-state index in [1.807, 2.05) is 12.2 Å². The molecule has 0 saturated heterocycles. The fourth-order valence-electron chi connectivity index (χ4n) is 4.73. The van der Waals surface area contributed by atoms with Crippen LogP contribution in [0.3, 0.4) is 0 Å². The van der Waals surface area contributed by atoms with Crippen LogP contribution >= 0.6 is 11.8 Å². The van der Waals surface area contributed by atoms with Gasteiger partial charge in [0.2, 0.25) is 5.91 Å². The van der Waals surface area contributed by atoms with Crippen LogP contribution in [0.5, 0.6) is 0 Å². The van der Waals surface area contributed by atoms with E-state index in [0.717, 1.165) is 19.8 Å². The minimum absolute atomic E-state index is 0.0257. The fraction of sp³-hybridized carbons (Fsp3) is 0.474. The van der Waals surface area contributed by atoms with Crippen LogP contribution in [0.2, 0.25) is 0 Å². The van der Waals surface area contributed by atoms with Crippen molar-refractivity contribution < 1.29 is 23.5 Å². The maximum absolute atomic E-state index is 13.0. The van der Waals surface area contributed by atoms with Crippen LogP contribution in [0.15, 0.2) is 41.3 Å². The Bertz CT molecular complexity index is 783. The number of carboxylic acid groups (broad SMARTS) is 1. The molecule has 0 heterocycles. The van der Waals surface area contributed by atoms with Crippen molar-refractivity contribution in [3.8, 4) is 0 Å². The number of rotatable bonds is 5. The normalized spacial score (nSPS) is 30.6. The van der Waals surface area contributed by atoms with Crippen molar-refractivity contribution in [3.05, 3.63) is 36.4 Å². The van der Waals surface area contributed by atoms with Gasteiger partial charge in [0.15, 0.2) is 0 Å². The maximum atomic E-state index is 13.0. The van der Waals surface area contributed by atoms with Crippen molar-refractivity contribution in [2.75, 3.05) is 5.32 Å². The first-order valence-corrected chi connectivity index (χ1v) is 9.42. The van der Waals surface area contributed by atoms with Crippen molar-refractivity contribution in [1.29, 1.82) is 0 Å².